The van der Waals surface area contributed by atoms with Crippen LogP contribution in [-0.4, -0.2) is 35.2 Å². The van der Waals surface area contributed by atoms with Crippen LogP contribution in [0.15, 0.2) is 59.8 Å². The summed E-state index contributed by atoms with van der Waals surface area (Å²) >= 11 is 0. The molecule has 2 unspecified atom stereocenters. The van der Waals surface area contributed by atoms with Gasteiger partial charge in [0.1, 0.15) is 17.8 Å². The van der Waals surface area contributed by atoms with Gasteiger partial charge in [-0.2, -0.15) is 13.2 Å². The second-order valence-corrected chi connectivity index (χ2v) is 6.74. The van der Waals surface area contributed by atoms with Crippen molar-refractivity contribution < 1.29 is 27.2 Å². The third kappa shape index (κ3) is 5.48. The van der Waals surface area contributed by atoms with E-state index < -0.39 is 42.4 Å². The molecule has 2 aromatic rings. The van der Waals surface area contributed by atoms with Gasteiger partial charge in [-0.25, -0.2) is 4.39 Å². The number of rotatable bonds is 7. The van der Waals surface area contributed by atoms with Crippen LogP contribution in [0, 0.1) is 0 Å². The number of fused-ring (bicyclic) bond motifs is 1. The zero-order chi connectivity index (χ0) is 22.8. The third-order valence-corrected chi connectivity index (χ3v) is 4.39. The Morgan fingerprint density at radius 3 is 2.58 bits per heavy atom. The number of alkyl halides is 3. The normalized spacial score (nSPS) is 17.7. The number of carbonyl (C=O) groups excluding carboxylic acids is 2. The molecular formula is C19H18F4N6O2. The van der Waals surface area contributed by atoms with E-state index in [4.69, 9.17) is 11.5 Å². The summed E-state index contributed by atoms with van der Waals surface area (Å²) in [6, 6.07) is 6.97. The number of carbonyl (C=O) groups is 2. The quantitative estimate of drug-likeness (QED) is 0.416. The molecule has 164 valence electrons. The van der Waals surface area contributed by atoms with E-state index in [1.165, 1.54) is 6.20 Å². The first-order valence-electron chi connectivity index (χ1n) is 8.95. The Kier molecular flexibility index (Phi) is 6.11. The Hall–Kier alpha value is -3.67. The fourth-order valence-corrected chi connectivity index (χ4v) is 2.96. The Bertz CT molecular complexity index is 1080. The number of pyridine rings is 1. The van der Waals surface area contributed by atoms with E-state index in [-0.39, 0.29) is 11.4 Å². The molecule has 12 heteroatoms. The van der Waals surface area contributed by atoms with Crippen molar-refractivity contribution in [2.45, 2.75) is 24.8 Å². The van der Waals surface area contributed by atoms with Gasteiger partial charge in [0, 0.05) is 5.39 Å². The molecule has 0 bridgehead atoms. The van der Waals surface area contributed by atoms with Gasteiger partial charge >= 0.3 is 6.18 Å². The van der Waals surface area contributed by atoms with Crippen LogP contribution in [-0.2, 0) is 9.59 Å². The van der Waals surface area contributed by atoms with Gasteiger partial charge in [-0.3, -0.25) is 19.9 Å². The summed E-state index contributed by atoms with van der Waals surface area (Å²) in [5, 5.41) is 8.27. The van der Waals surface area contributed by atoms with Crippen molar-refractivity contribution in [1.29, 1.82) is 0 Å². The van der Waals surface area contributed by atoms with Crippen LogP contribution in [0.3, 0.4) is 0 Å². The number of primary amides is 2. The number of halogens is 4. The standard InChI is InChI=1S/C19H18F4N6O2/c20-12-6-11(15(24)30)17(27-10-5-9-3-1-2-4-13(9)26-8-10)29-18(12)28-14(16(25)31)7-19(21,22)23/h1-6,8,14,18,27-29H,7H2,(H2,24,30)(H2,25,31). The predicted octanol–water partition coefficient (Wildman–Crippen LogP) is 1.52. The van der Waals surface area contributed by atoms with Gasteiger partial charge in [0.25, 0.3) is 5.91 Å². The molecule has 0 saturated carbocycles. The topological polar surface area (TPSA) is 135 Å². The van der Waals surface area contributed by atoms with Crippen molar-refractivity contribution in [3.05, 3.63) is 59.8 Å². The first kappa shape index (κ1) is 22.0. The van der Waals surface area contributed by atoms with Crippen LogP contribution >= 0.6 is 0 Å². The van der Waals surface area contributed by atoms with Crippen molar-refractivity contribution >= 4 is 28.4 Å². The van der Waals surface area contributed by atoms with Crippen LogP contribution < -0.4 is 27.4 Å². The lowest BCUT2D eigenvalue weighted by atomic mass is 10.1. The number of aromatic nitrogens is 1. The van der Waals surface area contributed by atoms with E-state index in [0.717, 1.165) is 11.5 Å². The molecular weight excluding hydrogens is 420 g/mol. The van der Waals surface area contributed by atoms with Crippen LogP contribution in [0.4, 0.5) is 23.2 Å². The number of hydrogen-bond acceptors (Lipinski definition) is 6. The smallest absolute Gasteiger partial charge is 0.368 e. The molecule has 1 aliphatic heterocycles. The van der Waals surface area contributed by atoms with Crippen molar-refractivity contribution in [3.8, 4) is 0 Å². The molecule has 1 aromatic heterocycles. The summed E-state index contributed by atoms with van der Waals surface area (Å²) in [5.74, 6) is -3.44. The molecule has 0 radical (unpaired) electrons. The molecule has 2 atom stereocenters. The Morgan fingerprint density at radius 1 is 1.23 bits per heavy atom. The highest BCUT2D eigenvalue weighted by Crippen LogP contribution is 2.25. The minimum Gasteiger partial charge on any atom is -0.368 e. The molecule has 1 aliphatic rings. The highest BCUT2D eigenvalue weighted by Gasteiger charge is 2.37. The maximum absolute atomic E-state index is 14.5. The van der Waals surface area contributed by atoms with Crippen LogP contribution in [0.5, 0.6) is 0 Å². The maximum atomic E-state index is 14.5. The van der Waals surface area contributed by atoms with E-state index in [0.29, 0.717) is 11.2 Å². The molecule has 7 N–H and O–H groups in total. The van der Waals surface area contributed by atoms with Gasteiger partial charge in [-0.1, -0.05) is 18.2 Å². The molecule has 31 heavy (non-hydrogen) atoms. The second-order valence-electron chi connectivity index (χ2n) is 6.74. The minimum atomic E-state index is -4.71. The lowest BCUT2D eigenvalue weighted by Gasteiger charge is -2.30. The monoisotopic (exact) mass is 438 g/mol. The van der Waals surface area contributed by atoms with Gasteiger partial charge in [0.2, 0.25) is 5.91 Å². The molecule has 2 heterocycles. The average Bonchev–Trinajstić information content (AvgIpc) is 2.68. The van der Waals surface area contributed by atoms with E-state index >= 15 is 0 Å². The van der Waals surface area contributed by atoms with Crippen LogP contribution in [0.1, 0.15) is 6.42 Å². The SMILES string of the molecule is NC(=O)C1=C(Nc2cnc3ccccc3c2)NC(NC(CC(F)(F)F)C(N)=O)C(F)=C1. The van der Waals surface area contributed by atoms with Gasteiger partial charge < -0.3 is 22.1 Å². The number of para-hydroxylation sites is 1. The number of hydrogen-bond donors (Lipinski definition) is 5. The number of amides is 2. The van der Waals surface area contributed by atoms with E-state index in [1.54, 1.807) is 30.3 Å². The molecule has 1 aromatic carbocycles. The summed E-state index contributed by atoms with van der Waals surface area (Å²) in [4.78, 5) is 27.4. The van der Waals surface area contributed by atoms with E-state index in [9.17, 15) is 27.2 Å². The maximum Gasteiger partial charge on any atom is 0.391 e. The fraction of sp³-hybridized carbons (Fsp3) is 0.211. The molecule has 0 spiro atoms. The van der Waals surface area contributed by atoms with Crippen molar-refractivity contribution in [3.63, 3.8) is 0 Å². The van der Waals surface area contributed by atoms with Gasteiger partial charge in [-0.05, 0) is 18.2 Å². The third-order valence-electron chi connectivity index (χ3n) is 4.39. The van der Waals surface area contributed by atoms with Gasteiger partial charge in [0.05, 0.1) is 35.4 Å². The molecule has 0 aliphatic carbocycles. The zero-order valence-electron chi connectivity index (χ0n) is 15.8. The number of nitrogens with zero attached hydrogens (tertiary/aromatic N) is 1. The second kappa shape index (κ2) is 8.60. The van der Waals surface area contributed by atoms with Crippen LogP contribution in [0.2, 0.25) is 0 Å². The largest absolute Gasteiger partial charge is 0.391 e. The highest BCUT2D eigenvalue weighted by atomic mass is 19.4. The van der Waals surface area contributed by atoms with Crippen molar-refractivity contribution in [2.75, 3.05) is 5.32 Å². The summed E-state index contributed by atoms with van der Waals surface area (Å²) in [7, 11) is 0. The molecule has 0 saturated heterocycles. The van der Waals surface area contributed by atoms with Crippen molar-refractivity contribution in [2.24, 2.45) is 11.5 Å². The van der Waals surface area contributed by atoms with Crippen molar-refractivity contribution in [1.82, 2.24) is 15.6 Å². The Balaban J connectivity index is 1.87. The summed E-state index contributed by atoms with van der Waals surface area (Å²) < 4.78 is 52.6. The van der Waals surface area contributed by atoms with E-state index in [1.807, 2.05) is 0 Å². The first-order valence-corrected chi connectivity index (χ1v) is 8.95. The zero-order valence-corrected chi connectivity index (χ0v) is 15.8. The van der Waals surface area contributed by atoms with E-state index in [2.05, 4.69) is 20.9 Å². The summed E-state index contributed by atoms with van der Waals surface area (Å²) in [6.07, 6.45) is -5.67. The Labute approximate surface area is 173 Å². The highest BCUT2D eigenvalue weighted by molar-refractivity contribution is 5.96. The molecule has 8 nitrogen and oxygen atoms in total. The van der Waals surface area contributed by atoms with Gasteiger partial charge in [0.15, 0.2) is 0 Å². The molecule has 2 amide bonds. The fourth-order valence-electron chi connectivity index (χ4n) is 2.96. The molecule has 3 rings (SSSR count). The summed E-state index contributed by atoms with van der Waals surface area (Å²) in [5.41, 5.74) is 11.1. The summed E-state index contributed by atoms with van der Waals surface area (Å²) in [6.45, 7) is 0. The lowest BCUT2D eigenvalue weighted by molar-refractivity contribution is -0.148. The van der Waals surface area contributed by atoms with Gasteiger partial charge in [-0.15, -0.1) is 0 Å². The number of nitrogens with two attached hydrogens (primary N) is 2. The predicted molar refractivity (Wildman–Crippen MR) is 104 cm³/mol. The average molecular weight is 438 g/mol. The minimum absolute atomic E-state index is 0.0845. The number of nitrogens with one attached hydrogen (secondary N) is 3. The van der Waals surface area contributed by atoms with Crippen LogP contribution in [0.25, 0.3) is 10.9 Å². The molecule has 0 fully saturated rings. The first-order chi connectivity index (χ1) is 14.5. The Morgan fingerprint density at radius 2 is 1.94 bits per heavy atom. The lowest BCUT2D eigenvalue weighted by Crippen LogP contribution is -2.55. The number of anilines is 1. The number of benzene rings is 1. The number of dihydropyridines is 1.